The lowest BCUT2D eigenvalue weighted by Crippen LogP contribution is -2.54. The fourth-order valence-electron chi connectivity index (χ4n) is 4.30. The van der Waals surface area contributed by atoms with Gasteiger partial charge >= 0.3 is 0 Å². The fourth-order valence-corrected chi connectivity index (χ4v) is 5.67. The summed E-state index contributed by atoms with van der Waals surface area (Å²) in [6, 6.07) is 14.2. The van der Waals surface area contributed by atoms with Crippen LogP contribution in [0.15, 0.2) is 65.5 Å². The average molecular weight is 510 g/mol. The first kappa shape index (κ1) is 22.6. The number of halogens is 1. The van der Waals surface area contributed by atoms with Crippen LogP contribution in [0.2, 0.25) is 5.02 Å². The lowest BCUT2D eigenvalue weighted by molar-refractivity contribution is -0.142. The summed E-state index contributed by atoms with van der Waals surface area (Å²) in [5.74, 6) is -0.636. The zero-order valence-electron chi connectivity index (χ0n) is 18.0. The Morgan fingerprint density at radius 2 is 2.03 bits per heavy atom. The largest absolute Gasteiger partial charge is 0.328 e. The number of hydrogen-bond acceptors (Lipinski definition) is 7. The second-order valence-electron chi connectivity index (χ2n) is 8.07. The predicted molar refractivity (Wildman–Crippen MR) is 136 cm³/mol. The molecule has 5 rings (SSSR count). The molecule has 3 aromatic heterocycles. The van der Waals surface area contributed by atoms with Crippen LogP contribution in [0.5, 0.6) is 0 Å². The van der Waals surface area contributed by atoms with E-state index in [1.54, 1.807) is 42.6 Å². The lowest BCUT2D eigenvalue weighted by Gasteiger charge is -2.45. The van der Waals surface area contributed by atoms with E-state index in [4.69, 9.17) is 16.6 Å². The number of benzene rings is 1. The summed E-state index contributed by atoms with van der Waals surface area (Å²) in [5, 5.41) is 7.33. The van der Waals surface area contributed by atoms with Crippen molar-refractivity contribution in [2.75, 3.05) is 5.32 Å². The monoisotopic (exact) mass is 509 g/mol. The van der Waals surface area contributed by atoms with Crippen molar-refractivity contribution in [2.24, 2.45) is 0 Å². The first-order chi connectivity index (χ1) is 16.4. The van der Waals surface area contributed by atoms with Gasteiger partial charge in [-0.25, -0.2) is 9.97 Å². The molecule has 0 radical (unpaired) electrons. The van der Waals surface area contributed by atoms with Crippen molar-refractivity contribution in [1.82, 2.24) is 19.3 Å². The normalized spacial score (nSPS) is 20.6. The molecule has 10 heteroatoms. The minimum atomic E-state index is -1.17. The molecule has 1 amide bonds. The van der Waals surface area contributed by atoms with E-state index in [9.17, 15) is 9.59 Å². The number of thiophene rings is 1. The Balaban J connectivity index is 1.59. The lowest BCUT2D eigenvalue weighted by atomic mass is 9.75. The number of amides is 1. The van der Waals surface area contributed by atoms with E-state index in [2.05, 4.69) is 28.1 Å². The second-order valence-corrected chi connectivity index (χ2v) is 9.66. The number of ketones is 1. The number of carbonyl (C=O) groups is 2. The number of H-pyrrole nitrogens is 1. The molecule has 7 nitrogen and oxygen atoms in total. The van der Waals surface area contributed by atoms with Crippen LogP contribution in [-0.4, -0.2) is 30.9 Å². The fraction of sp³-hybridized carbons (Fsp3) is 0.167. The maximum atomic E-state index is 13.7. The second kappa shape index (κ2) is 8.90. The van der Waals surface area contributed by atoms with E-state index < -0.39 is 17.4 Å². The van der Waals surface area contributed by atoms with E-state index in [-0.39, 0.29) is 12.2 Å². The first-order valence-electron chi connectivity index (χ1n) is 10.5. The van der Waals surface area contributed by atoms with Crippen molar-refractivity contribution in [2.45, 2.75) is 24.8 Å². The highest BCUT2D eigenvalue weighted by atomic mass is 35.5. The van der Waals surface area contributed by atoms with E-state index in [0.717, 1.165) is 11.3 Å². The van der Waals surface area contributed by atoms with E-state index in [0.29, 0.717) is 28.0 Å². The third kappa shape index (κ3) is 3.79. The highest BCUT2D eigenvalue weighted by molar-refractivity contribution is 7.78. The Bertz CT molecular complexity index is 1370. The molecule has 2 atom stereocenters. The molecule has 2 unspecified atom stereocenters. The summed E-state index contributed by atoms with van der Waals surface area (Å²) in [4.78, 5) is 39.4. The maximum absolute atomic E-state index is 13.7. The van der Waals surface area contributed by atoms with Gasteiger partial charge in [-0.2, -0.15) is 11.3 Å². The Labute approximate surface area is 210 Å². The van der Waals surface area contributed by atoms with Gasteiger partial charge in [0.1, 0.15) is 17.3 Å². The minimum Gasteiger partial charge on any atom is -0.328 e. The molecule has 1 fully saturated rings. The van der Waals surface area contributed by atoms with Gasteiger partial charge in [0.05, 0.1) is 5.69 Å². The van der Waals surface area contributed by atoms with Crippen LogP contribution in [0.4, 0.5) is 11.8 Å². The summed E-state index contributed by atoms with van der Waals surface area (Å²) >= 11 is 12.5. The first-order valence-corrected chi connectivity index (χ1v) is 12.2. The molecule has 1 aromatic carbocycles. The van der Waals surface area contributed by atoms with Gasteiger partial charge < -0.3 is 10.3 Å². The molecule has 1 aliphatic heterocycles. The van der Waals surface area contributed by atoms with E-state index >= 15 is 0 Å². The Morgan fingerprint density at radius 3 is 2.74 bits per heavy atom. The van der Waals surface area contributed by atoms with Crippen molar-refractivity contribution < 1.29 is 9.59 Å². The van der Waals surface area contributed by atoms with Gasteiger partial charge in [-0.05, 0) is 53.1 Å². The molecule has 34 heavy (non-hydrogen) atoms. The number of imidazole rings is 1. The van der Waals surface area contributed by atoms with Crippen LogP contribution in [0.25, 0.3) is 0 Å². The molecule has 4 aromatic rings. The van der Waals surface area contributed by atoms with Gasteiger partial charge in [-0.15, -0.1) is 0 Å². The third-order valence-electron chi connectivity index (χ3n) is 5.91. The number of anilines is 2. The standard InChI is InChI=1S/C24H20ClN5O2S2/c1-14-12-26-23(27-14)29-20-8-4-7-19(28-20)24(15-9-10-34-13-15)11-18(31)21(22(32)30(24)33)16-5-2-3-6-17(16)25/h2-10,12-13,21,33H,11H2,1H3,(H2,26,27,28,29). The Hall–Kier alpha value is -3.14. The summed E-state index contributed by atoms with van der Waals surface area (Å²) in [7, 11) is 0. The Morgan fingerprint density at radius 1 is 1.21 bits per heavy atom. The molecule has 0 spiro atoms. The highest BCUT2D eigenvalue weighted by Gasteiger charge is 2.53. The van der Waals surface area contributed by atoms with Gasteiger partial charge in [0.15, 0.2) is 5.78 Å². The summed E-state index contributed by atoms with van der Waals surface area (Å²) in [5.41, 5.74) is 1.50. The highest BCUT2D eigenvalue weighted by Crippen LogP contribution is 2.48. The molecule has 0 saturated carbocycles. The van der Waals surface area contributed by atoms with Crippen LogP contribution in [-0.2, 0) is 15.1 Å². The average Bonchev–Trinajstić information content (AvgIpc) is 3.50. The topological polar surface area (TPSA) is 91.0 Å². The minimum absolute atomic E-state index is 0.00514. The number of piperidine rings is 1. The van der Waals surface area contributed by atoms with E-state index in [1.165, 1.54) is 15.6 Å². The van der Waals surface area contributed by atoms with Crippen LogP contribution < -0.4 is 5.32 Å². The maximum Gasteiger partial charge on any atom is 0.248 e. The van der Waals surface area contributed by atoms with Crippen molar-refractivity contribution in [3.63, 3.8) is 0 Å². The molecular weight excluding hydrogens is 490 g/mol. The summed E-state index contributed by atoms with van der Waals surface area (Å²) < 4.78 is 1.34. The quantitative estimate of drug-likeness (QED) is 0.252. The van der Waals surface area contributed by atoms with Crippen molar-refractivity contribution >= 4 is 59.2 Å². The number of aryl methyl sites for hydroxylation is 1. The zero-order valence-corrected chi connectivity index (χ0v) is 20.5. The third-order valence-corrected chi connectivity index (χ3v) is 7.47. The number of carbonyl (C=O) groups excluding carboxylic acids is 2. The molecule has 4 heterocycles. The summed E-state index contributed by atoms with van der Waals surface area (Å²) in [6.07, 6.45) is 1.72. The van der Waals surface area contributed by atoms with Crippen LogP contribution in [0.1, 0.15) is 34.9 Å². The van der Waals surface area contributed by atoms with Gasteiger partial charge in [0, 0.05) is 23.3 Å². The van der Waals surface area contributed by atoms with Crippen LogP contribution >= 0.6 is 35.8 Å². The molecular formula is C24H20ClN5O2S2. The van der Waals surface area contributed by atoms with E-state index in [1.807, 2.05) is 29.8 Å². The molecule has 2 N–H and O–H groups in total. The molecule has 1 aliphatic rings. The number of pyridine rings is 1. The van der Waals surface area contributed by atoms with Crippen LogP contribution in [0, 0.1) is 6.92 Å². The SMILES string of the molecule is Cc1cnc(Nc2cccc(C3(c4ccsc4)CC(=O)C(c4ccccc4Cl)C(=O)N3S)n2)[nH]1. The molecule has 0 bridgehead atoms. The zero-order chi connectivity index (χ0) is 23.9. The van der Waals surface area contributed by atoms with Gasteiger partial charge in [-0.3, -0.25) is 13.9 Å². The predicted octanol–water partition coefficient (Wildman–Crippen LogP) is 5.25. The number of aromatic nitrogens is 3. The number of hydrogen-bond donors (Lipinski definition) is 3. The van der Waals surface area contributed by atoms with Gasteiger partial charge in [0.2, 0.25) is 11.9 Å². The van der Waals surface area contributed by atoms with Crippen molar-refractivity contribution in [3.05, 3.63) is 93.0 Å². The number of rotatable bonds is 5. The Kier molecular flexibility index (Phi) is 5.93. The smallest absolute Gasteiger partial charge is 0.248 e. The van der Waals surface area contributed by atoms with Gasteiger partial charge in [-0.1, -0.05) is 48.7 Å². The van der Waals surface area contributed by atoms with Crippen LogP contribution in [0.3, 0.4) is 0 Å². The summed E-state index contributed by atoms with van der Waals surface area (Å²) in [6.45, 7) is 1.90. The number of aromatic amines is 1. The van der Waals surface area contributed by atoms with Crippen molar-refractivity contribution in [1.29, 1.82) is 0 Å². The number of nitrogens with zero attached hydrogens (tertiary/aromatic N) is 3. The molecule has 0 aliphatic carbocycles. The molecule has 1 saturated heterocycles. The number of nitrogens with one attached hydrogen (secondary N) is 2. The molecule has 172 valence electrons. The van der Waals surface area contributed by atoms with Gasteiger partial charge in [0.25, 0.3) is 0 Å². The van der Waals surface area contributed by atoms with Crippen molar-refractivity contribution in [3.8, 4) is 0 Å². The number of thiol groups is 1. The number of Topliss-reactive ketones (excluding diaryl/α,β-unsaturated/α-hetero) is 1.